The van der Waals surface area contributed by atoms with Crippen molar-refractivity contribution in [1.82, 2.24) is 4.57 Å². The van der Waals surface area contributed by atoms with Gasteiger partial charge in [-0.25, -0.2) is 4.79 Å². The van der Waals surface area contributed by atoms with Crippen LogP contribution < -0.4 is 4.90 Å². The van der Waals surface area contributed by atoms with Gasteiger partial charge in [-0.2, -0.15) is 0 Å². The Morgan fingerprint density at radius 3 is 2.47 bits per heavy atom. The van der Waals surface area contributed by atoms with Gasteiger partial charge in [0, 0.05) is 31.4 Å². The van der Waals surface area contributed by atoms with E-state index in [1.165, 1.54) is 0 Å². The van der Waals surface area contributed by atoms with Crippen molar-refractivity contribution in [1.29, 1.82) is 0 Å². The number of aromatic nitrogens is 1. The molecule has 0 atom stereocenters. The summed E-state index contributed by atoms with van der Waals surface area (Å²) < 4.78 is 6.95. The number of hydrogen-bond donors (Lipinski definition) is 0. The Morgan fingerprint density at radius 2 is 1.89 bits per heavy atom. The standard InChI is InChI=1S/C15H20N2O2/c1-15(2,3)19-14(18)17-9-8-11-6-7-12(16(4)5)10-13(11)17/h6-10H,1-5H3. The highest BCUT2D eigenvalue weighted by Crippen LogP contribution is 2.23. The maximum atomic E-state index is 12.1. The maximum absolute atomic E-state index is 12.1. The lowest BCUT2D eigenvalue weighted by atomic mass is 10.2. The molecule has 0 unspecified atom stereocenters. The number of rotatable bonds is 1. The van der Waals surface area contributed by atoms with Crippen LogP contribution in [-0.4, -0.2) is 30.4 Å². The molecule has 2 aromatic rings. The average Bonchev–Trinajstić information content (AvgIpc) is 2.68. The van der Waals surface area contributed by atoms with E-state index in [4.69, 9.17) is 4.74 Å². The van der Waals surface area contributed by atoms with Gasteiger partial charge in [-0.3, -0.25) is 4.57 Å². The van der Waals surface area contributed by atoms with Crippen LogP contribution in [0.5, 0.6) is 0 Å². The highest BCUT2D eigenvalue weighted by molar-refractivity contribution is 5.91. The SMILES string of the molecule is CN(C)c1ccc2ccn(C(=O)OC(C)(C)C)c2c1. The Hall–Kier alpha value is -1.97. The number of ether oxygens (including phenoxy) is 1. The molecule has 0 aliphatic carbocycles. The Labute approximate surface area is 113 Å². The summed E-state index contributed by atoms with van der Waals surface area (Å²) in [6.45, 7) is 5.59. The van der Waals surface area contributed by atoms with E-state index in [1.807, 2.05) is 64.0 Å². The van der Waals surface area contributed by atoms with Crippen molar-refractivity contribution < 1.29 is 9.53 Å². The third kappa shape index (κ3) is 2.89. The second-order valence-corrected chi connectivity index (χ2v) is 5.80. The molecule has 1 heterocycles. The van der Waals surface area contributed by atoms with E-state index in [1.54, 1.807) is 10.8 Å². The van der Waals surface area contributed by atoms with Crippen LogP contribution in [0.2, 0.25) is 0 Å². The lowest BCUT2D eigenvalue weighted by molar-refractivity contribution is 0.0544. The minimum Gasteiger partial charge on any atom is -0.443 e. The first-order valence-electron chi connectivity index (χ1n) is 6.30. The quantitative estimate of drug-likeness (QED) is 0.787. The van der Waals surface area contributed by atoms with Crippen molar-refractivity contribution in [2.75, 3.05) is 19.0 Å². The minimum atomic E-state index is -0.493. The first-order chi connectivity index (χ1) is 8.78. The molecule has 0 N–H and O–H groups in total. The van der Waals surface area contributed by atoms with Crippen molar-refractivity contribution in [3.05, 3.63) is 30.5 Å². The summed E-state index contributed by atoms with van der Waals surface area (Å²) in [6.07, 6.45) is 1.40. The van der Waals surface area contributed by atoms with Gasteiger partial charge >= 0.3 is 6.09 Å². The zero-order valence-corrected chi connectivity index (χ0v) is 12.1. The molecule has 0 amide bonds. The topological polar surface area (TPSA) is 34.5 Å². The molecule has 0 aliphatic heterocycles. The van der Waals surface area contributed by atoms with Crippen LogP contribution in [0.3, 0.4) is 0 Å². The lowest BCUT2D eigenvalue weighted by Crippen LogP contribution is -2.26. The van der Waals surface area contributed by atoms with Gasteiger partial charge in [0.05, 0.1) is 5.52 Å². The zero-order valence-electron chi connectivity index (χ0n) is 12.1. The van der Waals surface area contributed by atoms with E-state index in [-0.39, 0.29) is 6.09 Å². The highest BCUT2D eigenvalue weighted by Gasteiger charge is 2.19. The molecular formula is C15H20N2O2. The molecule has 1 aromatic heterocycles. The molecular weight excluding hydrogens is 240 g/mol. The number of carbonyl (C=O) groups is 1. The zero-order chi connectivity index (χ0) is 14.2. The number of carbonyl (C=O) groups excluding carboxylic acids is 1. The molecule has 0 radical (unpaired) electrons. The molecule has 1 aromatic carbocycles. The third-order valence-corrected chi connectivity index (χ3v) is 2.78. The predicted octanol–water partition coefficient (Wildman–Crippen LogP) is 3.49. The predicted molar refractivity (Wildman–Crippen MR) is 77.9 cm³/mol. The summed E-state index contributed by atoms with van der Waals surface area (Å²) in [7, 11) is 3.95. The van der Waals surface area contributed by atoms with Gasteiger partial charge in [0.1, 0.15) is 5.60 Å². The van der Waals surface area contributed by atoms with Crippen LogP contribution in [0, 0.1) is 0 Å². The maximum Gasteiger partial charge on any atom is 0.418 e. The van der Waals surface area contributed by atoms with Gasteiger partial charge in [-0.15, -0.1) is 0 Å². The summed E-state index contributed by atoms with van der Waals surface area (Å²) in [5, 5.41) is 1.02. The van der Waals surface area contributed by atoms with Crippen molar-refractivity contribution in [3.8, 4) is 0 Å². The van der Waals surface area contributed by atoms with E-state index in [2.05, 4.69) is 0 Å². The number of anilines is 1. The minimum absolute atomic E-state index is 0.349. The largest absolute Gasteiger partial charge is 0.443 e. The number of nitrogens with zero attached hydrogens (tertiary/aromatic N) is 2. The molecule has 0 saturated carbocycles. The summed E-state index contributed by atoms with van der Waals surface area (Å²) in [5.74, 6) is 0. The molecule has 0 fully saturated rings. The molecule has 102 valence electrons. The monoisotopic (exact) mass is 260 g/mol. The van der Waals surface area contributed by atoms with Crippen molar-refractivity contribution >= 4 is 22.7 Å². The molecule has 0 aliphatic rings. The fraction of sp³-hybridized carbons (Fsp3) is 0.400. The van der Waals surface area contributed by atoms with E-state index in [0.29, 0.717) is 0 Å². The van der Waals surface area contributed by atoms with Gasteiger partial charge in [-0.1, -0.05) is 6.07 Å². The van der Waals surface area contributed by atoms with Gasteiger partial charge in [0.2, 0.25) is 0 Å². The van der Waals surface area contributed by atoms with E-state index in [9.17, 15) is 4.79 Å². The second-order valence-electron chi connectivity index (χ2n) is 5.80. The van der Waals surface area contributed by atoms with Crippen LogP contribution in [0.4, 0.5) is 10.5 Å². The summed E-state index contributed by atoms with van der Waals surface area (Å²) >= 11 is 0. The van der Waals surface area contributed by atoms with Crippen LogP contribution >= 0.6 is 0 Å². The molecule has 0 bridgehead atoms. The molecule has 19 heavy (non-hydrogen) atoms. The molecule has 0 spiro atoms. The Kier molecular flexibility index (Phi) is 3.27. The fourth-order valence-electron chi connectivity index (χ4n) is 1.87. The lowest BCUT2D eigenvalue weighted by Gasteiger charge is -2.20. The number of hydrogen-bond acceptors (Lipinski definition) is 3. The van der Waals surface area contributed by atoms with Gasteiger partial charge in [0.15, 0.2) is 0 Å². The molecule has 2 rings (SSSR count). The van der Waals surface area contributed by atoms with Crippen molar-refractivity contribution in [2.45, 2.75) is 26.4 Å². The Bertz CT molecular complexity index is 606. The Balaban J connectivity index is 2.43. The van der Waals surface area contributed by atoms with Crippen LogP contribution in [0.1, 0.15) is 20.8 Å². The molecule has 4 heteroatoms. The van der Waals surface area contributed by atoms with Crippen LogP contribution in [-0.2, 0) is 4.74 Å². The van der Waals surface area contributed by atoms with Gasteiger partial charge < -0.3 is 9.64 Å². The first kappa shape index (κ1) is 13.5. The van der Waals surface area contributed by atoms with Gasteiger partial charge in [0.25, 0.3) is 0 Å². The van der Waals surface area contributed by atoms with E-state index < -0.39 is 5.60 Å². The van der Waals surface area contributed by atoms with Crippen molar-refractivity contribution in [2.24, 2.45) is 0 Å². The summed E-state index contributed by atoms with van der Waals surface area (Å²) in [4.78, 5) is 14.1. The summed E-state index contributed by atoms with van der Waals surface area (Å²) in [6, 6.07) is 7.94. The first-order valence-corrected chi connectivity index (χ1v) is 6.30. The normalized spacial score (nSPS) is 11.6. The smallest absolute Gasteiger partial charge is 0.418 e. The van der Waals surface area contributed by atoms with Crippen LogP contribution in [0.25, 0.3) is 10.9 Å². The Morgan fingerprint density at radius 1 is 1.21 bits per heavy atom. The van der Waals surface area contributed by atoms with E-state index in [0.717, 1.165) is 16.6 Å². The van der Waals surface area contributed by atoms with Crippen LogP contribution in [0.15, 0.2) is 30.5 Å². The second kappa shape index (κ2) is 4.61. The fourth-order valence-corrected chi connectivity index (χ4v) is 1.87. The number of benzene rings is 1. The van der Waals surface area contributed by atoms with E-state index >= 15 is 0 Å². The van der Waals surface area contributed by atoms with Gasteiger partial charge in [-0.05, 0) is 39.0 Å². The van der Waals surface area contributed by atoms with Crippen molar-refractivity contribution in [3.63, 3.8) is 0 Å². The molecule has 4 nitrogen and oxygen atoms in total. The number of fused-ring (bicyclic) bond motifs is 1. The third-order valence-electron chi connectivity index (χ3n) is 2.78. The highest BCUT2D eigenvalue weighted by atomic mass is 16.6. The molecule has 0 saturated heterocycles. The summed E-state index contributed by atoms with van der Waals surface area (Å²) in [5.41, 5.74) is 1.42. The average molecular weight is 260 g/mol.